The molecule has 1 nitrogen and oxygen atoms in total. The van der Waals surface area contributed by atoms with Crippen LogP contribution < -0.4 is 5.73 Å². The molecule has 74 valence electrons. The zero-order chi connectivity index (χ0) is 10.0. The van der Waals surface area contributed by atoms with Crippen molar-refractivity contribution in [3.63, 3.8) is 0 Å². The predicted octanol–water partition coefficient (Wildman–Crippen LogP) is 2.87. The number of nitrogens with two attached hydrogens (primary N) is 1. The van der Waals surface area contributed by atoms with Crippen LogP contribution in [0.1, 0.15) is 25.3 Å². The Hall–Kier alpha value is -1.24. The summed E-state index contributed by atoms with van der Waals surface area (Å²) in [5, 5.41) is 0. The molecule has 1 heteroatoms. The zero-order valence-corrected chi connectivity index (χ0v) is 8.66. The molecule has 1 aliphatic carbocycles. The molecule has 1 aliphatic rings. The maximum atomic E-state index is 6.02. The summed E-state index contributed by atoms with van der Waals surface area (Å²) in [7, 11) is 0. The molecule has 0 aromatic heterocycles. The average molecular weight is 187 g/mol. The minimum absolute atomic E-state index is 0.302. The second kappa shape index (κ2) is 3.49. The zero-order valence-electron chi connectivity index (χ0n) is 8.66. The van der Waals surface area contributed by atoms with Crippen molar-refractivity contribution >= 4 is 0 Å². The fourth-order valence-corrected chi connectivity index (χ4v) is 2.01. The van der Waals surface area contributed by atoms with E-state index in [4.69, 9.17) is 5.73 Å². The lowest BCUT2D eigenvalue weighted by atomic mass is 9.93. The van der Waals surface area contributed by atoms with Gasteiger partial charge in [-0.1, -0.05) is 36.4 Å². The van der Waals surface area contributed by atoms with Gasteiger partial charge in [0.1, 0.15) is 0 Å². The summed E-state index contributed by atoms with van der Waals surface area (Å²) >= 11 is 0. The van der Waals surface area contributed by atoms with Gasteiger partial charge in [-0.05, 0) is 31.7 Å². The van der Waals surface area contributed by atoms with Gasteiger partial charge in [-0.25, -0.2) is 0 Å². The Morgan fingerprint density at radius 1 is 1.36 bits per heavy atom. The van der Waals surface area contributed by atoms with Gasteiger partial charge in [0.05, 0.1) is 0 Å². The Balaban J connectivity index is 2.12. The Morgan fingerprint density at radius 2 is 2.00 bits per heavy atom. The molecule has 2 rings (SSSR count). The Labute approximate surface area is 85.6 Å². The Bertz CT molecular complexity index is 334. The number of benzene rings is 1. The number of rotatable bonds is 3. The highest BCUT2D eigenvalue weighted by atomic mass is 14.7. The molecule has 1 aromatic rings. The van der Waals surface area contributed by atoms with Gasteiger partial charge < -0.3 is 5.73 Å². The number of allylic oxidation sites excluding steroid dienone is 2. The van der Waals surface area contributed by atoms with E-state index in [1.165, 1.54) is 18.4 Å². The molecule has 1 aromatic carbocycles. The highest BCUT2D eigenvalue weighted by Crippen LogP contribution is 2.52. The lowest BCUT2D eigenvalue weighted by Crippen LogP contribution is -2.15. The van der Waals surface area contributed by atoms with Crippen LogP contribution in [0.4, 0.5) is 0 Å². The van der Waals surface area contributed by atoms with E-state index in [9.17, 15) is 0 Å². The molecule has 0 bridgehead atoms. The largest absolute Gasteiger partial charge is 0.402 e. The van der Waals surface area contributed by atoms with E-state index in [0.717, 1.165) is 12.1 Å². The summed E-state index contributed by atoms with van der Waals surface area (Å²) in [5.74, 6) is 0. The van der Waals surface area contributed by atoms with Crippen LogP contribution in [0.25, 0.3) is 0 Å². The molecular weight excluding hydrogens is 170 g/mol. The SMILES string of the molecule is C/C=C(\N)C1(Cc2ccccc2)CC1. The van der Waals surface area contributed by atoms with Crippen LogP contribution in [0.3, 0.4) is 0 Å². The van der Waals surface area contributed by atoms with Gasteiger partial charge in [0.2, 0.25) is 0 Å². The molecule has 0 saturated heterocycles. The van der Waals surface area contributed by atoms with Crippen LogP contribution in [0.5, 0.6) is 0 Å². The van der Waals surface area contributed by atoms with Crippen molar-refractivity contribution in [2.45, 2.75) is 26.2 Å². The maximum Gasteiger partial charge on any atom is 0.0136 e. The monoisotopic (exact) mass is 187 g/mol. The molecule has 0 unspecified atom stereocenters. The third kappa shape index (κ3) is 1.67. The summed E-state index contributed by atoms with van der Waals surface area (Å²) in [6.07, 6.45) is 5.65. The molecule has 0 radical (unpaired) electrons. The predicted molar refractivity (Wildman–Crippen MR) is 59.8 cm³/mol. The first-order valence-electron chi connectivity index (χ1n) is 5.23. The van der Waals surface area contributed by atoms with Crippen LogP contribution in [0.2, 0.25) is 0 Å². The highest BCUT2D eigenvalue weighted by Gasteiger charge is 2.44. The molecule has 0 atom stereocenters. The third-order valence-electron chi connectivity index (χ3n) is 3.16. The fourth-order valence-electron chi connectivity index (χ4n) is 2.01. The van der Waals surface area contributed by atoms with Crippen LogP contribution >= 0.6 is 0 Å². The van der Waals surface area contributed by atoms with Crippen molar-refractivity contribution in [1.29, 1.82) is 0 Å². The molecule has 0 spiro atoms. The van der Waals surface area contributed by atoms with Crippen molar-refractivity contribution in [3.05, 3.63) is 47.7 Å². The van der Waals surface area contributed by atoms with Gasteiger partial charge >= 0.3 is 0 Å². The minimum Gasteiger partial charge on any atom is -0.402 e. The van der Waals surface area contributed by atoms with Gasteiger partial charge in [0.25, 0.3) is 0 Å². The van der Waals surface area contributed by atoms with Crippen LogP contribution in [-0.4, -0.2) is 0 Å². The van der Waals surface area contributed by atoms with E-state index in [0.29, 0.717) is 5.41 Å². The molecule has 1 saturated carbocycles. The van der Waals surface area contributed by atoms with Gasteiger partial charge in [0, 0.05) is 11.1 Å². The normalized spacial score (nSPS) is 19.4. The second-order valence-corrected chi connectivity index (χ2v) is 4.19. The van der Waals surface area contributed by atoms with E-state index in [1.54, 1.807) is 0 Å². The molecule has 14 heavy (non-hydrogen) atoms. The van der Waals surface area contributed by atoms with Gasteiger partial charge in [-0.15, -0.1) is 0 Å². The molecule has 0 heterocycles. The van der Waals surface area contributed by atoms with Crippen molar-refractivity contribution in [2.24, 2.45) is 11.1 Å². The molecule has 2 N–H and O–H groups in total. The second-order valence-electron chi connectivity index (χ2n) is 4.19. The van der Waals surface area contributed by atoms with Gasteiger partial charge in [-0.3, -0.25) is 0 Å². The molecular formula is C13H17N. The first-order chi connectivity index (χ1) is 6.77. The van der Waals surface area contributed by atoms with E-state index in [1.807, 2.05) is 6.92 Å². The van der Waals surface area contributed by atoms with Crippen LogP contribution in [-0.2, 0) is 6.42 Å². The molecule has 1 fully saturated rings. The topological polar surface area (TPSA) is 26.0 Å². The summed E-state index contributed by atoms with van der Waals surface area (Å²) in [5.41, 5.74) is 8.79. The van der Waals surface area contributed by atoms with Crippen molar-refractivity contribution in [2.75, 3.05) is 0 Å². The van der Waals surface area contributed by atoms with Gasteiger partial charge in [-0.2, -0.15) is 0 Å². The van der Waals surface area contributed by atoms with E-state index >= 15 is 0 Å². The maximum absolute atomic E-state index is 6.02. The summed E-state index contributed by atoms with van der Waals surface area (Å²) < 4.78 is 0. The Morgan fingerprint density at radius 3 is 2.50 bits per heavy atom. The summed E-state index contributed by atoms with van der Waals surface area (Å²) in [6.45, 7) is 2.03. The van der Waals surface area contributed by atoms with Crippen LogP contribution in [0, 0.1) is 5.41 Å². The highest BCUT2D eigenvalue weighted by molar-refractivity contribution is 5.26. The molecule has 0 aliphatic heterocycles. The van der Waals surface area contributed by atoms with Crippen LogP contribution in [0.15, 0.2) is 42.1 Å². The van der Waals surface area contributed by atoms with E-state index in [2.05, 4.69) is 36.4 Å². The third-order valence-corrected chi connectivity index (χ3v) is 3.16. The first-order valence-corrected chi connectivity index (χ1v) is 5.23. The van der Waals surface area contributed by atoms with E-state index in [-0.39, 0.29) is 0 Å². The summed E-state index contributed by atoms with van der Waals surface area (Å²) in [6, 6.07) is 10.6. The smallest absolute Gasteiger partial charge is 0.0136 e. The van der Waals surface area contributed by atoms with Gasteiger partial charge in [0.15, 0.2) is 0 Å². The average Bonchev–Trinajstić information content (AvgIpc) is 2.99. The van der Waals surface area contributed by atoms with Crippen molar-refractivity contribution < 1.29 is 0 Å². The minimum atomic E-state index is 0.302. The number of hydrogen-bond acceptors (Lipinski definition) is 1. The first kappa shape index (κ1) is 9.32. The summed E-state index contributed by atoms with van der Waals surface area (Å²) in [4.78, 5) is 0. The lowest BCUT2D eigenvalue weighted by molar-refractivity contribution is 0.594. The molecule has 0 amide bonds. The quantitative estimate of drug-likeness (QED) is 0.773. The standard InChI is InChI=1S/C13H17N/c1-2-12(14)13(8-9-13)10-11-6-4-3-5-7-11/h2-7H,8-10,14H2,1H3/b12-2-. The fraction of sp³-hybridized carbons (Fsp3) is 0.385. The number of hydrogen-bond donors (Lipinski definition) is 1. The van der Waals surface area contributed by atoms with Crippen molar-refractivity contribution in [3.8, 4) is 0 Å². The van der Waals surface area contributed by atoms with E-state index < -0.39 is 0 Å². The lowest BCUT2D eigenvalue weighted by Gasteiger charge is -2.15. The Kier molecular flexibility index (Phi) is 2.32. The van der Waals surface area contributed by atoms with Crippen molar-refractivity contribution in [1.82, 2.24) is 0 Å².